The van der Waals surface area contributed by atoms with Crippen molar-refractivity contribution in [1.29, 1.82) is 0 Å². The fourth-order valence-corrected chi connectivity index (χ4v) is 3.65. The van der Waals surface area contributed by atoms with Crippen LogP contribution in [-0.2, 0) is 17.8 Å². The summed E-state index contributed by atoms with van der Waals surface area (Å²) in [7, 11) is 1.57. The molecular weight excluding hydrogens is 368 g/mol. The van der Waals surface area contributed by atoms with Crippen molar-refractivity contribution in [3.8, 4) is 11.3 Å². The summed E-state index contributed by atoms with van der Waals surface area (Å²) in [6, 6.07) is 2.76. The molecule has 0 spiro atoms. The van der Waals surface area contributed by atoms with Gasteiger partial charge in [0.2, 0.25) is 5.91 Å². The van der Waals surface area contributed by atoms with Gasteiger partial charge in [0.05, 0.1) is 11.4 Å². The number of aromatic nitrogens is 3. The number of amides is 2. The molecule has 0 saturated carbocycles. The standard InChI is InChI=1S/C21H30N6O2/c1-6-26-11-9-16-15(13-26)17(14-8-7-10-23-12-14)25-27(16)20(29)24-18(19(28)22-5)21(2,3)4/h7-8,10,12,18H,6,9,11,13H2,1-5H3,(H,22,28)(H,24,29)/t18-/m1/s1. The predicted molar refractivity (Wildman–Crippen MR) is 111 cm³/mol. The Hall–Kier alpha value is -2.74. The van der Waals surface area contributed by atoms with E-state index in [0.717, 1.165) is 48.6 Å². The average Bonchev–Trinajstić information content (AvgIpc) is 3.10. The maximum Gasteiger partial charge on any atom is 0.343 e. The first-order valence-corrected chi connectivity index (χ1v) is 10.0. The molecule has 2 amide bonds. The molecule has 8 nitrogen and oxygen atoms in total. The molecular formula is C21H30N6O2. The number of nitrogens with zero attached hydrogens (tertiary/aromatic N) is 4. The zero-order valence-corrected chi connectivity index (χ0v) is 17.8. The molecule has 0 aromatic carbocycles. The summed E-state index contributed by atoms with van der Waals surface area (Å²) >= 11 is 0. The lowest BCUT2D eigenvalue weighted by atomic mass is 9.86. The molecule has 1 aliphatic rings. The smallest absolute Gasteiger partial charge is 0.343 e. The predicted octanol–water partition coefficient (Wildman–Crippen LogP) is 2.04. The van der Waals surface area contributed by atoms with Crippen LogP contribution in [0, 0.1) is 5.41 Å². The van der Waals surface area contributed by atoms with Crippen LogP contribution in [0.15, 0.2) is 24.5 Å². The molecule has 156 valence electrons. The van der Waals surface area contributed by atoms with E-state index in [2.05, 4.69) is 32.5 Å². The van der Waals surface area contributed by atoms with Crippen LogP contribution in [0.25, 0.3) is 11.3 Å². The first-order chi connectivity index (χ1) is 13.8. The summed E-state index contributed by atoms with van der Waals surface area (Å²) in [6.45, 7) is 10.4. The highest BCUT2D eigenvalue weighted by Crippen LogP contribution is 2.30. The van der Waals surface area contributed by atoms with Crippen molar-refractivity contribution in [2.75, 3.05) is 20.1 Å². The molecule has 3 heterocycles. The van der Waals surface area contributed by atoms with Crippen LogP contribution < -0.4 is 10.6 Å². The molecule has 0 fully saturated rings. The van der Waals surface area contributed by atoms with Gasteiger partial charge in [0.15, 0.2) is 0 Å². The molecule has 0 bridgehead atoms. The van der Waals surface area contributed by atoms with Crippen LogP contribution in [0.3, 0.4) is 0 Å². The Morgan fingerprint density at radius 3 is 2.66 bits per heavy atom. The lowest BCUT2D eigenvalue weighted by Crippen LogP contribution is -2.54. The van der Waals surface area contributed by atoms with E-state index in [1.807, 2.05) is 32.9 Å². The second-order valence-corrected chi connectivity index (χ2v) is 8.41. The topological polar surface area (TPSA) is 92.2 Å². The molecule has 1 aliphatic heterocycles. The van der Waals surface area contributed by atoms with Crippen molar-refractivity contribution in [3.63, 3.8) is 0 Å². The minimum atomic E-state index is -0.669. The van der Waals surface area contributed by atoms with Gasteiger partial charge in [-0.05, 0) is 24.1 Å². The van der Waals surface area contributed by atoms with Crippen molar-refractivity contribution in [1.82, 2.24) is 30.3 Å². The van der Waals surface area contributed by atoms with Gasteiger partial charge in [0.1, 0.15) is 6.04 Å². The summed E-state index contributed by atoms with van der Waals surface area (Å²) in [5.41, 5.74) is 3.17. The third kappa shape index (κ3) is 4.32. The zero-order valence-electron chi connectivity index (χ0n) is 17.8. The summed E-state index contributed by atoms with van der Waals surface area (Å²) < 4.78 is 1.44. The van der Waals surface area contributed by atoms with Gasteiger partial charge in [-0.1, -0.05) is 27.7 Å². The van der Waals surface area contributed by atoms with E-state index in [0.29, 0.717) is 0 Å². The molecule has 0 saturated heterocycles. The van der Waals surface area contributed by atoms with Crippen molar-refractivity contribution in [2.45, 2.75) is 46.7 Å². The van der Waals surface area contributed by atoms with Gasteiger partial charge < -0.3 is 10.6 Å². The molecule has 3 rings (SSSR count). The molecule has 2 aromatic heterocycles. The Balaban J connectivity index is 2.00. The van der Waals surface area contributed by atoms with Gasteiger partial charge in [0, 0.05) is 50.1 Å². The van der Waals surface area contributed by atoms with Gasteiger partial charge in [-0.2, -0.15) is 9.78 Å². The summed E-state index contributed by atoms with van der Waals surface area (Å²) in [6.07, 6.45) is 4.21. The van der Waals surface area contributed by atoms with Gasteiger partial charge in [-0.15, -0.1) is 0 Å². The second kappa shape index (κ2) is 8.32. The van der Waals surface area contributed by atoms with E-state index in [-0.39, 0.29) is 11.9 Å². The fourth-order valence-electron chi connectivity index (χ4n) is 3.65. The second-order valence-electron chi connectivity index (χ2n) is 8.41. The number of carbonyl (C=O) groups excluding carboxylic acids is 2. The minimum Gasteiger partial charge on any atom is -0.357 e. The van der Waals surface area contributed by atoms with Crippen LogP contribution in [0.2, 0.25) is 0 Å². The number of carbonyl (C=O) groups is 2. The maximum absolute atomic E-state index is 13.2. The number of nitrogens with one attached hydrogen (secondary N) is 2. The number of rotatable bonds is 4. The van der Waals surface area contributed by atoms with E-state index in [1.54, 1.807) is 19.4 Å². The lowest BCUT2D eigenvalue weighted by molar-refractivity contribution is -0.124. The third-order valence-electron chi connectivity index (χ3n) is 5.35. The van der Waals surface area contributed by atoms with Crippen LogP contribution in [-0.4, -0.2) is 57.8 Å². The van der Waals surface area contributed by atoms with Crippen molar-refractivity contribution in [2.24, 2.45) is 5.41 Å². The quantitative estimate of drug-likeness (QED) is 0.822. The van der Waals surface area contributed by atoms with Crippen LogP contribution in [0.4, 0.5) is 4.79 Å². The van der Waals surface area contributed by atoms with Gasteiger partial charge in [0.25, 0.3) is 0 Å². The van der Waals surface area contributed by atoms with Gasteiger partial charge >= 0.3 is 6.03 Å². The number of hydrogen-bond acceptors (Lipinski definition) is 5. The Morgan fingerprint density at radius 2 is 2.07 bits per heavy atom. The maximum atomic E-state index is 13.2. The molecule has 1 atom stereocenters. The first kappa shape index (κ1) is 21.0. The highest BCUT2D eigenvalue weighted by atomic mass is 16.2. The van der Waals surface area contributed by atoms with Gasteiger partial charge in [-0.3, -0.25) is 14.7 Å². The Morgan fingerprint density at radius 1 is 1.31 bits per heavy atom. The Bertz CT molecular complexity index is 885. The largest absolute Gasteiger partial charge is 0.357 e. The molecule has 8 heteroatoms. The lowest BCUT2D eigenvalue weighted by Gasteiger charge is -2.30. The molecule has 2 aromatic rings. The van der Waals surface area contributed by atoms with Crippen LogP contribution in [0.5, 0.6) is 0 Å². The van der Waals surface area contributed by atoms with Crippen molar-refractivity contribution >= 4 is 11.9 Å². The highest BCUT2D eigenvalue weighted by Gasteiger charge is 2.34. The average molecular weight is 399 g/mol. The van der Waals surface area contributed by atoms with Gasteiger partial charge in [-0.25, -0.2) is 4.79 Å². The molecule has 0 aliphatic carbocycles. The third-order valence-corrected chi connectivity index (χ3v) is 5.35. The molecule has 0 unspecified atom stereocenters. The van der Waals surface area contributed by atoms with Crippen LogP contribution >= 0.6 is 0 Å². The minimum absolute atomic E-state index is 0.225. The summed E-state index contributed by atoms with van der Waals surface area (Å²) in [5.74, 6) is -0.225. The molecule has 0 radical (unpaired) electrons. The van der Waals surface area contributed by atoms with Crippen LogP contribution in [0.1, 0.15) is 39.0 Å². The number of pyridine rings is 1. The number of fused-ring (bicyclic) bond motifs is 1. The summed E-state index contributed by atoms with van der Waals surface area (Å²) in [5, 5.41) is 10.2. The normalized spacial score (nSPS) is 15.5. The van der Waals surface area contributed by atoms with E-state index >= 15 is 0 Å². The highest BCUT2D eigenvalue weighted by molar-refractivity contribution is 5.88. The monoisotopic (exact) mass is 398 g/mol. The summed E-state index contributed by atoms with van der Waals surface area (Å²) in [4.78, 5) is 32.1. The van der Waals surface area contributed by atoms with E-state index in [4.69, 9.17) is 0 Å². The Labute approximate surface area is 171 Å². The Kier molecular flexibility index (Phi) is 6.02. The number of hydrogen-bond donors (Lipinski definition) is 2. The zero-order chi connectivity index (χ0) is 21.2. The van der Waals surface area contributed by atoms with E-state index in [1.165, 1.54) is 4.68 Å². The van der Waals surface area contributed by atoms with Crippen molar-refractivity contribution in [3.05, 3.63) is 35.8 Å². The van der Waals surface area contributed by atoms with E-state index < -0.39 is 11.5 Å². The van der Waals surface area contributed by atoms with E-state index in [9.17, 15) is 9.59 Å². The van der Waals surface area contributed by atoms with Crippen molar-refractivity contribution < 1.29 is 9.59 Å². The molecule has 2 N–H and O–H groups in total. The fraction of sp³-hybridized carbons (Fsp3) is 0.524. The molecule has 29 heavy (non-hydrogen) atoms. The number of likely N-dealkylation sites (N-methyl/N-ethyl adjacent to an activating group) is 2. The first-order valence-electron chi connectivity index (χ1n) is 10.0. The SMILES string of the molecule is CCN1CCc2c(c(-c3cccnc3)nn2C(=O)N[C@H](C(=O)NC)C(C)(C)C)C1.